The Morgan fingerprint density at radius 2 is 0.917 bits per heavy atom. The predicted octanol–water partition coefficient (Wildman–Crippen LogP) is 5.64. The van der Waals surface area contributed by atoms with Crippen LogP contribution in [0, 0.1) is 0 Å². The van der Waals surface area contributed by atoms with Crippen molar-refractivity contribution in [2.24, 2.45) is 0 Å². The fourth-order valence-corrected chi connectivity index (χ4v) is 5.20. The van der Waals surface area contributed by atoms with E-state index in [1.54, 1.807) is 0 Å². The molecule has 2 heteroatoms. The first-order chi connectivity index (χ1) is 11.5. The normalized spacial score (nSPS) is 12.1. The van der Waals surface area contributed by atoms with E-state index in [1.165, 1.54) is 16.7 Å². The third-order valence-corrected chi connectivity index (χ3v) is 5.65. The number of rotatable bonds is 5. The summed E-state index contributed by atoms with van der Waals surface area (Å²) in [6, 6.07) is 31.3. The average Bonchev–Trinajstić information content (AvgIpc) is 2.61. The van der Waals surface area contributed by atoms with Crippen LogP contribution in [0.5, 0.6) is 0 Å². The Bertz CT molecular complexity index is 723. The summed E-state index contributed by atoms with van der Waals surface area (Å²) in [5.74, 6) is 0. The van der Waals surface area contributed by atoms with Crippen molar-refractivity contribution in [3.63, 3.8) is 0 Å². The van der Waals surface area contributed by atoms with Gasteiger partial charge >= 0.3 is 0 Å². The molecule has 0 saturated carbocycles. The third-order valence-electron chi connectivity index (χ3n) is 4.42. The molecule has 0 aliphatic rings. The minimum Gasteiger partial charge on any atom is -0.324 e. The highest BCUT2D eigenvalue weighted by Gasteiger charge is 2.39. The van der Waals surface area contributed by atoms with Gasteiger partial charge in [0.25, 0.3) is 0 Å². The summed E-state index contributed by atoms with van der Waals surface area (Å²) in [6.07, 6.45) is 0.609. The SMILES string of the molecule is CP(C)(=O)CC(c1ccccc1)(c1ccccc1)c1ccccc1. The van der Waals surface area contributed by atoms with Crippen molar-refractivity contribution in [3.8, 4) is 0 Å². The zero-order valence-electron chi connectivity index (χ0n) is 14.2. The van der Waals surface area contributed by atoms with Crippen molar-refractivity contribution in [1.82, 2.24) is 0 Å². The molecule has 0 heterocycles. The molecule has 0 bridgehead atoms. The van der Waals surface area contributed by atoms with E-state index in [9.17, 15) is 4.57 Å². The highest BCUT2D eigenvalue weighted by molar-refractivity contribution is 7.62. The molecule has 0 spiro atoms. The molecule has 0 aromatic heterocycles. The first kappa shape index (κ1) is 16.7. The van der Waals surface area contributed by atoms with Gasteiger partial charge in [-0.25, -0.2) is 0 Å². The largest absolute Gasteiger partial charge is 0.324 e. The average molecular weight is 334 g/mol. The van der Waals surface area contributed by atoms with Crippen LogP contribution in [0.15, 0.2) is 91.0 Å². The Labute approximate surface area is 144 Å². The molecule has 3 aromatic carbocycles. The minimum absolute atomic E-state index is 0.400. The van der Waals surface area contributed by atoms with Crippen LogP contribution in [-0.2, 0) is 9.98 Å². The molecule has 0 amide bonds. The second-order valence-electron chi connectivity index (χ2n) is 6.74. The Morgan fingerprint density at radius 3 is 1.17 bits per heavy atom. The number of hydrogen-bond donors (Lipinski definition) is 0. The summed E-state index contributed by atoms with van der Waals surface area (Å²) in [7, 11) is -2.28. The van der Waals surface area contributed by atoms with Crippen molar-refractivity contribution in [2.75, 3.05) is 19.5 Å². The summed E-state index contributed by atoms with van der Waals surface area (Å²) in [5, 5.41) is 0. The van der Waals surface area contributed by atoms with Crippen LogP contribution in [0.1, 0.15) is 16.7 Å². The first-order valence-corrected chi connectivity index (χ1v) is 11.0. The molecule has 0 aliphatic heterocycles. The first-order valence-electron chi connectivity index (χ1n) is 8.23. The highest BCUT2D eigenvalue weighted by Crippen LogP contribution is 2.50. The summed E-state index contributed by atoms with van der Waals surface area (Å²) in [4.78, 5) is 0. The fraction of sp³-hybridized carbons (Fsp3) is 0.182. The van der Waals surface area contributed by atoms with Crippen LogP contribution in [0.4, 0.5) is 0 Å². The van der Waals surface area contributed by atoms with Crippen LogP contribution in [-0.4, -0.2) is 19.5 Å². The topological polar surface area (TPSA) is 17.1 Å². The standard InChI is InChI=1S/C22H23OP/c1-24(2,23)18-22(19-12-6-3-7-13-19,20-14-8-4-9-15-20)21-16-10-5-11-17-21/h3-17H,18H2,1-2H3. The Morgan fingerprint density at radius 1 is 0.625 bits per heavy atom. The van der Waals surface area contributed by atoms with Crippen LogP contribution in [0.3, 0.4) is 0 Å². The van der Waals surface area contributed by atoms with E-state index >= 15 is 0 Å². The van der Waals surface area contributed by atoms with Gasteiger partial charge in [0.15, 0.2) is 0 Å². The zero-order chi connectivity index (χ0) is 17.0. The molecule has 1 nitrogen and oxygen atoms in total. The van der Waals surface area contributed by atoms with Gasteiger partial charge in [-0.3, -0.25) is 0 Å². The van der Waals surface area contributed by atoms with E-state index in [4.69, 9.17) is 0 Å². The lowest BCUT2D eigenvalue weighted by atomic mass is 9.71. The molecule has 0 N–H and O–H groups in total. The second-order valence-corrected chi connectivity index (χ2v) is 10.2. The van der Waals surface area contributed by atoms with Crippen molar-refractivity contribution in [2.45, 2.75) is 5.41 Å². The van der Waals surface area contributed by atoms with E-state index in [0.717, 1.165) is 0 Å². The zero-order valence-corrected chi connectivity index (χ0v) is 15.1. The van der Waals surface area contributed by atoms with Crippen LogP contribution in [0.2, 0.25) is 0 Å². The monoisotopic (exact) mass is 334 g/mol. The molecule has 0 aliphatic carbocycles. The van der Waals surface area contributed by atoms with Crippen LogP contribution >= 0.6 is 7.14 Å². The summed E-state index contributed by atoms with van der Waals surface area (Å²) >= 11 is 0. The molecule has 0 radical (unpaired) electrons. The molecule has 3 aromatic rings. The van der Waals surface area contributed by atoms with E-state index in [0.29, 0.717) is 6.16 Å². The minimum atomic E-state index is -2.28. The van der Waals surface area contributed by atoms with Gasteiger partial charge in [-0.15, -0.1) is 0 Å². The molecule has 0 unspecified atom stereocenters. The van der Waals surface area contributed by atoms with Crippen molar-refractivity contribution in [3.05, 3.63) is 108 Å². The lowest BCUT2D eigenvalue weighted by Crippen LogP contribution is -2.33. The maximum absolute atomic E-state index is 13.0. The lowest BCUT2D eigenvalue weighted by molar-refractivity contribution is 0.570. The maximum Gasteiger partial charge on any atom is 0.0834 e. The van der Waals surface area contributed by atoms with E-state index in [-0.39, 0.29) is 0 Å². The van der Waals surface area contributed by atoms with Gasteiger partial charge < -0.3 is 4.57 Å². The second kappa shape index (κ2) is 6.79. The van der Waals surface area contributed by atoms with Crippen molar-refractivity contribution < 1.29 is 4.57 Å². The predicted molar refractivity (Wildman–Crippen MR) is 104 cm³/mol. The summed E-state index contributed by atoms with van der Waals surface area (Å²) < 4.78 is 13.0. The van der Waals surface area contributed by atoms with E-state index < -0.39 is 12.6 Å². The molecule has 0 fully saturated rings. The van der Waals surface area contributed by atoms with E-state index in [2.05, 4.69) is 72.8 Å². The van der Waals surface area contributed by atoms with Crippen LogP contribution < -0.4 is 0 Å². The van der Waals surface area contributed by atoms with Gasteiger partial charge in [0.05, 0.1) is 12.6 Å². The lowest BCUT2D eigenvalue weighted by Gasteiger charge is -2.37. The quantitative estimate of drug-likeness (QED) is 0.436. The Balaban J connectivity index is 2.35. The van der Waals surface area contributed by atoms with Gasteiger partial charge in [-0.1, -0.05) is 91.0 Å². The highest BCUT2D eigenvalue weighted by atomic mass is 31.2. The van der Waals surface area contributed by atoms with Gasteiger partial charge in [-0.2, -0.15) is 0 Å². The number of benzene rings is 3. The molecule has 122 valence electrons. The molecular formula is C22H23OP. The molecule has 24 heavy (non-hydrogen) atoms. The Hall–Kier alpha value is -2.11. The van der Waals surface area contributed by atoms with Crippen LogP contribution in [0.25, 0.3) is 0 Å². The van der Waals surface area contributed by atoms with Gasteiger partial charge in [0.2, 0.25) is 0 Å². The van der Waals surface area contributed by atoms with Crippen molar-refractivity contribution >= 4 is 7.14 Å². The molecule has 0 saturated heterocycles. The maximum atomic E-state index is 13.0. The van der Waals surface area contributed by atoms with Crippen molar-refractivity contribution in [1.29, 1.82) is 0 Å². The molecule has 3 rings (SSSR count). The smallest absolute Gasteiger partial charge is 0.0834 e. The van der Waals surface area contributed by atoms with Gasteiger partial charge in [-0.05, 0) is 30.0 Å². The summed E-state index contributed by atoms with van der Waals surface area (Å²) in [5.41, 5.74) is 3.16. The summed E-state index contributed by atoms with van der Waals surface area (Å²) in [6.45, 7) is 3.77. The van der Waals surface area contributed by atoms with Gasteiger partial charge in [0.1, 0.15) is 0 Å². The van der Waals surface area contributed by atoms with Gasteiger partial charge in [0, 0.05) is 6.16 Å². The third kappa shape index (κ3) is 3.37. The Kier molecular flexibility index (Phi) is 4.73. The number of hydrogen-bond acceptors (Lipinski definition) is 1. The molecule has 0 atom stereocenters. The molecular weight excluding hydrogens is 311 g/mol. The fourth-order valence-electron chi connectivity index (χ4n) is 3.51. The van der Waals surface area contributed by atoms with E-state index in [1.807, 2.05) is 31.5 Å².